The largest absolute Gasteiger partial charge is 0.382 e. The van der Waals surface area contributed by atoms with Gasteiger partial charge < -0.3 is 16.0 Å². The van der Waals surface area contributed by atoms with Crippen LogP contribution >= 0.6 is 12.4 Å². The van der Waals surface area contributed by atoms with Crippen molar-refractivity contribution >= 4 is 24.0 Å². The zero-order chi connectivity index (χ0) is 13.8. The second kappa shape index (κ2) is 7.45. The molecule has 0 unspecified atom stereocenters. The molecule has 1 heterocycles. The molecule has 1 amide bonds. The summed E-state index contributed by atoms with van der Waals surface area (Å²) in [6.45, 7) is 3.16. The second-order valence-electron chi connectivity index (χ2n) is 5.04. The van der Waals surface area contributed by atoms with Crippen LogP contribution in [-0.2, 0) is 4.79 Å². The highest BCUT2D eigenvalue weighted by Gasteiger charge is 2.24. The Balaban J connectivity index is 0.00000200. The lowest BCUT2D eigenvalue weighted by Crippen LogP contribution is -2.48. The number of nitrogens with one attached hydrogen (secondary N) is 1. The molecule has 0 saturated carbocycles. The predicted octanol–water partition coefficient (Wildman–Crippen LogP) is 2.00. The Morgan fingerprint density at radius 3 is 2.40 bits per heavy atom. The summed E-state index contributed by atoms with van der Waals surface area (Å²) >= 11 is 0. The summed E-state index contributed by atoms with van der Waals surface area (Å²) in [5, 5.41) is 3.36. The Bertz CT molecular complexity index is 431. The summed E-state index contributed by atoms with van der Waals surface area (Å²) in [7, 11) is 0. The molecule has 0 bridgehead atoms. The summed E-state index contributed by atoms with van der Waals surface area (Å²) in [6.07, 6.45) is 1.77. The number of benzene rings is 1. The summed E-state index contributed by atoms with van der Waals surface area (Å²) < 4.78 is 12.8. The maximum atomic E-state index is 12.8. The number of nitrogens with zero attached hydrogens (tertiary/aromatic N) is 1. The molecule has 0 aromatic heterocycles. The molecule has 1 atom stereocenters. The minimum absolute atomic E-state index is 0. The zero-order valence-corrected chi connectivity index (χ0v) is 12.3. The standard InChI is InChI=1S/C14H20FN3O.ClH/c1-10(16)14(19)18-8-6-13(7-9-18)17-12-4-2-11(15)3-5-12;/h2-5,10,13,17H,6-9,16H2,1H3;1H/t10-;/m1./s1. The van der Waals surface area contributed by atoms with Crippen molar-refractivity contribution in [3.8, 4) is 0 Å². The van der Waals surface area contributed by atoms with Gasteiger partial charge in [-0.3, -0.25) is 4.79 Å². The molecule has 3 N–H and O–H groups in total. The molecule has 2 rings (SSSR count). The SMILES string of the molecule is C[C@@H](N)C(=O)N1CCC(Nc2ccc(F)cc2)CC1.Cl. The number of rotatable bonds is 3. The number of halogens is 2. The molecule has 112 valence electrons. The molecule has 1 aromatic carbocycles. The Kier molecular flexibility index (Phi) is 6.23. The lowest BCUT2D eigenvalue weighted by molar-refractivity contribution is -0.133. The van der Waals surface area contributed by atoms with Crippen molar-refractivity contribution in [3.05, 3.63) is 30.1 Å². The van der Waals surface area contributed by atoms with Crippen LogP contribution in [0.4, 0.5) is 10.1 Å². The molecule has 1 aliphatic rings. The zero-order valence-electron chi connectivity index (χ0n) is 11.5. The van der Waals surface area contributed by atoms with Gasteiger partial charge in [-0.1, -0.05) is 0 Å². The van der Waals surface area contributed by atoms with Crippen molar-refractivity contribution in [2.24, 2.45) is 5.73 Å². The maximum absolute atomic E-state index is 12.8. The lowest BCUT2D eigenvalue weighted by Gasteiger charge is -2.33. The second-order valence-corrected chi connectivity index (χ2v) is 5.04. The van der Waals surface area contributed by atoms with E-state index in [2.05, 4.69) is 5.32 Å². The van der Waals surface area contributed by atoms with Crippen LogP contribution < -0.4 is 11.1 Å². The first-order valence-electron chi connectivity index (χ1n) is 6.63. The van der Waals surface area contributed by atoms with E-state index in [1.165, 1.54) is 12.1 Å². The van der Waals surface area contributed by atoms with Gasteiger partial charge in [0, 0.05) is 24.8 Å². The quantitative estimate of drug-likeness (QED) is 0.898. The minimum Gasteiger partial charge on any atom is -0.382 e. The molecule has 4 nitrogen and oxygen atoms in total. The number of carbonyl (C=O) groups is 1. The van der Waals surface area contributed by atoms with Gasteiger partial charge in [-0.25, -0.2) is 4.39 Å². The topological polar surface area (TPSA) is 58.4 Å². The molecule has 1 aliphatic heterocycles. The van der Waals surface area contributed by atoms with Gasteiger partial charge in [-0.2, -0.15) is 0 Å². The fourth-order valence-electron chi connectivity index (χ4n) is 2.31. The monoisotopic (exact) mass is 301 g/mol. The Morgan fingerprint density at radius 2 is 1.90 bits per heavy atom. The lowest BCUT2D eigenvalue weighted by atomic mass is 10.0. The van der Waals surface area contributed by atoms with Crippen LogP contribution in [0.15, 0.2) is 24.3 Å². The third-order valence-corrected chi connectivity index (χ3v) is 3.41. The first-order chi connectivity index (χ1) is 9.06. The first-order valence-corrected chi connectivity index (χ1v) is 6.63. The van der Waals surface area contributed by atoms with E-state index in [0.717, 1.165) is 31.6 Å². The Hall–Kier alpha value is -1.33. The van der Waals surface area contributed by atoms with Crippen molar-refractivity contribution in [3.63, 3.8) is 0 Å². The van der Waals surface area contributed by atoms with Gasteiger partial charge >= 0.3 is 0 Å². The summed E-state index contributed by atoms with van der Waals surface area (Å²) in [4.78, 5) is 13.6. The van der Waals surface area contributed by atoms with Gasteiger partial charge in [0.2, 0.25) is 5.91 Å². The van der Waals surface area contributed by atoms with E-state index in [1.807, 2.05) is 4.90 Å². The molecule has 20 heavy (non-hydrogen) atoms. The van der Waals surface area contributed by atoms with E-state index >= 15 is 0 Å². The summed E-state index contributed by atoms with van der Waals surface area (Å²) in [5.74, 6) is -0.219. The normalized spacial score (nSPS) is 17.2. The molecule has 0 radical (unpaired) electrons. The minimum atomic E-state index is -0.429. The molecule has 1 saturated heterocycles. The average molecular weight is 302 g/mol. The number of hydrogen-bond donors (Lipinski definition) is 2. The highest BCUT2D eigenvalue weighted by Crippen LogP contribution is 2.17. The Labute approximate surface area is 124 Å². The number of piperidine rings is 1. The van der Waals surface area contributed by atoms with Crippen molar-refractivity contribution in [2.75, 3.05) is 18.4 Å². The fraction of sp³-hybridized carbons (Fsp3) is 0.500. The molecular formula is C14H21ClFN3O. The van der Waals surface area contributed by atoms with Crippen LogP contribution in [0.1, 0.15) is 19.8 Å². The van der Waals surface area contributed by atoms with Crippen molar-refractivity contribution in [2.45, 2.75) is 31.8 Å². The van der Waals surface area contributed by atoms with Crippen molar-refractivity contribution in [1.82, 2.24) is 4.90 Å². The maximum Gasteiger partial charge on any atom is 0.239 e. The number of hydrogen-bond acceptors (Lipinski definition) is 3. The summed E-state index contributed by atoms with van der Waals surface area (Å²) in [5.41, 5.74) is 6.51. The third-order valence-electron chi connectivity index (χ3n) is 3.41. The number of carbonyl (C=O) groups excluding carboxylic acids is 1. The number of amides is 1. The predicted molar refractivity (Wildman–Crippen MR) is 80.5 cm³/mol. The molecule has 1 fully saturated rings. The number of likely N-dealkylation sites (tertiary alicyclic amines) is 1. The van der Waals surface area contributed by atoms with Crippen LogP contribution in [-0.4, -0.2) is 36.0 Å². The summed E-state index contributed by atoms with van der Waals surface area (Å²) in [6, 6.07) is 6.24. The fourth-order valence-corrected chi connectivity index (χ4v) is 2.31. The number of anilines is 1. The number of nitrogens with two attached hydrogens (primary N) is 1. The van der Waals surface area contributed by atoms with Gasteiger partial charge in [-0.15, -0.1) is 12.4 Å². The van der Waals surface area contributed by atoms with E-state index in [4.69, 9.17) is 5.73 Å². The van der Waals surface area contributed by atoms with Crippen LogP contribution in [0.5, 0.6) is 0 Å². The van der Waals surface area contributed by atoms with E-state index < -0.39 is 6.04 Å². The van der Waals surface area contributed by atoms with Gasteiger partial charge in [0.25, 0.3) is 0 Å². The van der Waals surface area contributed by atoms with Crippen LogP contribution in [0.25, 0.3) is 0 Å². The van der Waals surface area contributed by atoms with Crippen molar-refractivity contribution < 1.29 is 9.18 Å². The van der Waals surface area contributed by atoms with Gasteiger partial charge in [0.05, 0.1) is 6.04 Å². The average Bonchev–Trinajstić information content (AvgIpc) is 2.41. The van der Waals surface area contributed by atoms with Crippen LogP contribution in [0, 0.1) is 5.82 Å². The highest BCUT2D eigenvalue weighted by molar-refractivity contribution is 5.85. The van der Waals surface area contributed by atoms with Crippen LogP contribution in [0.2, 0.25) is 0 Å². The van der Waals surface area contributed by atoms with E-state index in [9.17, 15) is 9.18 Å². The van der Waals surface area contributed by atoms with Gasteiger partial charge in [0.1, 0.15) is 5.82 Å². The first kappa shape index (κ1) is 16.7. The Morgan fingerprint density at radius 1 is 1.35 bits per heavy atom. The van der Waals surface area contributed by atoms with E-state index in [1.54, 1.807) is 19.1 Å². The molecule has 6 heteroatoms. The molecule has 1 aromatic rings. The van der Waals surface area contributed by atoms with Crippen molar-refractivity contribution in [1.29, 1.82) is 0 Å². The van der Waals surface area contributed by atoms with Gasteiger partial charge in [0.15, 0.2) is 0 Å². The van der Waals surface area contributed by atoms with Gasteiger partial charge in [-0.05, 0) is 44.0 Å². The smallest absolute Gasteiger partial charge is 0.239 e. The van der Waals surface area contributed by atoms with Crippen LogP contribution in [0.3, 0.4) is 0 Å². The molecule has 0 spiro atoms. The molecular weight excluding hydrogens is 281 g/mol. The van der Waals surface area contributed by atoms with E-state index in [-0.39, 0.29) is 24.1 Å². The molecule has 0 aliphatic carbocycles. The third kappa shape index (κ3) is 4.35. The van der Waals surface area contributed by atoms with E-state index in [0.29, 0.717) is 6.04 Å². The highest BCUT2D eigenvalue weighted by atomic mass is 35.5.